The summed E-state index contributed by atoms with van der Waals surface area (Å²) in [6, 6.07) is 16.6. The molecule has 3 aliphatic heterocycles. The zero-order valence-corrected chi connectivity index (χ0v) is 18.7. The minimum atomic E-state index is -0.761. The third-order valence-electron chi connectivity index (χ3n) is 6.57. The Bertz CT molecular complexity index is 1260. The molecule has 33 heavy (non-hydrogen) atoms. The van der Waals surface area contributed by atoms with Gasteiger partial charge in [-0.25, -0.2) is 4.99 Å². The van der Waals surface area contributed by atoms with Crippen LogP contribution in [0.3, 0.4) is 0 Å². The maximum absolute atomic E-state index is 6.35. The summed E-state index contributed by atoms with van der Waals surface area (Å²) in [7, 11) is 0. The zero-order chi connectivity index (χ0) is 22.6. The second-order valence-corrected chi connectivity index (χ2v) is 9.36. The summed E-state index contributed by atoms with van der Waals surface area (Å²) in [5.41, 5.74) is 10.2. The van der Waals surface area contributed by atoms with Crippen molar-refractivity contribution in [3.8, 4) is 22.6 Å². The van der Waals surface area contributed by atoms with E-state index in [-0.39, 0.29) is 11.6 Å². The van der Waals surface area contributed by atoms with Gasteiger partial charge in [-0.2, -0.15) is 0 Å². The van der Waals surface area contributed by atoms with Crippen molar-refractivity contribution < 1.29 is 14.2 Å². The molecular formula is C26H26N4O3. The van der Waals surface area contributed by atoms with Crippen LogP contribution in [-0.2, 0) is 15.0 Å². The largest absolute Gasteiger partial charge is 0.462 e. The molecule has 0 unspecified atom stereocenters. The molecule has 0 aliphatic carbocycles. The van der Waals surface area contributed by atoms with Crippen molar-refractivity contribution in [1.82, 2.24) is 4.98 Å². The molecule has 0 radical (unpaired) electrons. The first-order valence-corrected chi connectivity index (χ1v) is 11.2. The molecule has 1 aromatic heterocycles. The first-order chi connectivity index (χ1) is 15.9. The third kappa shape index (κ3) is 3.31. The van der Waals surface area contributed by atoms with E-state index in [9.17, 15) is 0 Å². The van der Waals surface area contributed by atoms with Crippen LogP contribution in [0.15, 0.2) is 65.9 Å². The molecule has 0 saturated carbocycles. The number of aliphatic imine (C=N–C) groups is 1. The molecule has 3 aromatic rings. The van der Waals surface area contributed by atoms with E-state index in [2.05, 4.69) is 41.9 Å². The second kappa shape index (κ2) is 7.22. The van der Waals surface area contributed by atoms with E-state index in [1.165, 1.54) is 0 Å². The van der Waals surface area contributed by atoms with Gasteiger partial charge in [0.25, 0.3) is 6.02 Å². The van der Waals surface area contributed by atoms with Crippen molar-refractivity contribution >= 4 is 11.7 Å². The normalized spacial score (nSPS) is 22.7. The fraction of sp³-hybridized carbons (Fsp3) is 0.308. The summed E-state index contributed by atoms with van der Waals surface area (Å²) in [5, 5.41) is 0. The van der Waals surface area contributed by atoms with E-state index >= 15 is 0 Å². The molecule has 0 amide bonds. The minimum absolute atomic E-state index is 0.193. The van der Waals surface area contributed by atoms with E-state index in [1.54, 1.807) is 6.20 Å². The monoisotopic (exact) mass is 442 g/mol. The number of morpholine rings is 1. The predicted octanol–water partition coefficient (Wildman–Crippen LogP) is 4.06. The van der Waals surface area contributed by atoms with Crippen molar-refractivity contribution in [3.05, 3.63) is 72.1 Å². The van der Waals surface area contributed by atoms with Crippen LogP contribution in [0.5, 0.6) is 11.5 Å². The molecule has 3 aliphatic rings. The van der Waals surface area contributed by atoms with E-state index in [4.69, 9.17) is 24.9 Å². The highest BCUT2D eigenvalue weighted by atomic mass is 16.5. The molecular weight excluding hydrogens is 416 g/mol. The van der Waals surface area contributed by atoms with Crippen LogP contribution in [0.2, 0.25) is 0 Å². The Morgan fingerprint density at radius 2 is 1.82 bits per heavy atom. The number of nitrogens with two attached hydrogens (primary N) is 1. The number of ether oxygens (including phenoxy) is 3. The van der Waals surface area contributed by atoms with E-state index < -0.39 is 5.54 Å². The molecule has 2 N–H and O–H groups in total. The quantitative estimate of drug-likeness (QED) is 0.645. The van der Waals surface area contributed by atoms with Gasteiger partial charge in [-0.05, 0) is 55.8 Å². The Labute approximate surface area is 192 Å². The van der Waals surface area contributed by atoms with Gasteiger partial charge < -0.3 is 24.8 Å². The van der Waals surface area contributed by atoms with Crippen LogP contribution in [-0.4, -0.2) is 42.9 Å². The van der Waals surface area contributed by atoms with Crippen LogP contribution in [0.4, 0.5) is 5.69 Å². The molecule has 1 fully saturated rings. The van der Waals surface area contributed by atoms with E-state index in [0.29, 0.717) is 13.2 Å². The molecule has 1 atom stereocenters. The van der Waals surface area contributed by atoms with E-state index in [1.807, 2.05) is 36.5 Å². The second-order valence-electron chi connectivity index (χ2n) is 9.36. The molecule has 168 valence electrons. The number of hydrogen-bond donors (Lipinski definition) is 1. The molecule has 1 spiro atoms. The standard InChI is InChI=1S/C26H26N4O3/c1-25(2)15-30(10-11-32-25)19-6-8-23-21(13-19)26(16-31-24(27)29-26)20-12-17(5-7-22(20)33-23)18-4-3-9-28-14-18/h3-9,12-14H,10-11,15-16H2,1-2H3,(H2,27,29)/t26-/m0/s1. The SMILES string of the molecule is CC1(C)CN(c2ccc3c(c2)[C@]2(COC(N)=N2)c2cc(-c4cccnc4)ccc2O3)CCO1. The Morgan fingerprint density at radius 1 is 1.00 bits per heavy atom. The summed E-state index contributed by atoms with van der Waals surface area (Å²) in [5.74, 6) is 1.53. The number of aromatic nitrogens is 1. The lowest BCUT2D eigenvalue weighted by Crippen LogP contribution is -2.48. The number of hydrogen-bond acceptors (Lipinski definition) is 7. The van der Waals surface area contributed by atoms with Crippen molar-refractivity contribution in [2.75, 3.05) is 31.2 Å². The van der Waals surface area contributed by atoms with Crippen LogP contribution >= 0.6 is 0 Å². The number of pyridine rings is 1. The molecule has 7 heteroatoms. The van der Waals surface area contributed by atoms with Crippen molar-refractivity contribution in [2.24, 2.45) is 10.7 Å². The zero-order valence-electron chi connectivity index (χ0n) is 18.7. The number of nitrogens with zero attached hydrogens (tertiary/aromatic N) is 3. The summed E-state index contributed by atoms with van der Waals surface area (Å²) < 4.78 is 18.0. The summed E-state index contributed by atoms with van der Waals surface area (Å²) in [6.45, 7) is 6.90. The number of anilines is 1. The molecule has 4 heterocycles. The fourth-order valence-electron chi connectivity index (χ4n) is 4.99. The average Bonchev–Trinajstić information content (AvgIpc) is 3.21. The number of benzene rings is 2. The van der Waals surface area contributed by atoms with Crippen molar-refractivity contribution in [3.63, 3.8) is 0 Å². The lowest BCUT2D eigenvalue weighted by Gasteiger charge is -2.40. The molecule has 2 aromatic carbocycles. The first kappa shape index (κ1) is 20.1. The Balaban J connectivity index is 1.48. The highest BCUT2D eigenvalue weighted by Gasteiger charge is 2.47. The molecule has 6 rings (SSSR count). The lowest BCUT2D eigenvalue weighted by molar-refractivity contribution is -0.0277. The van der Waals surface area contributed by atoms with Gasteiger partial charge in [0.15, 0.2) is 5.54 Å². The van der Waals surface area contributed by atoms with Gasteiger partial charge in [0.1, 0.15) is 18.1 Å². The van der Waals surface area contributed by atoms with Crippen LogP contribution in [0, 0.1) is 0 Å². The summed E-state index contributed by atoms with van der Waals surface area (Å²) in [4.78, 5) is 11.5. The molecule has 7 nitrogen and oxygen atoms in total. The summed E-state index contributed by atoms with van der Waals surface area (Å²) >= 11 is 0. The van der Waals surface area contributed by atoms with Gasteiger partial charge in [0.2, 0.25) is 0 Å². The lowest BCUT2D eigenvalue weighted by atomic mass is 9.80. The fourth-order valence-corrected chi connectivity index (χ4v) is 4.99. The number of fused-ring (bicyclic) bond motifs is 4. The van der Waals surface area contributed by atoms with Crippen LogP contribution < -0.4 is 15.4 Å². The third-order valence-corrected chi connectivity index (χ3v) is 6.57. The predicted molar refractivity (Wildman–Crippen MR) is 127 cm³/mol. The highest BCUT2D eigenvalue weighted by molar-refractivity contribution is 5.78. The number of amidine groups is 1. The molecule has 0 bridgehead atoms. The van der Waals surface area contributed by atoms with Crippen molar-refractivity contribution in [1.29, 1.82) is 0 Å². The van der Waals surface area contributed by atoms with Crippen LogP contribution in [0.25, 0.3) is 11.1 Å². The smallest absolute Gasteiger partial charge is 0.283 e. The maximum Gasteiger partial charge on any atom is 0.283 e. The number of rotatable bonds is 2. The van der Waals surface area contributed by atoms with Gasteiger partial charge in [0, 0.05) is 47.9 Å². The highest BCUT2D eigenvalue weighted by Crippen LogP contribution is 2.52. The molecule has 1 saturated heterocycles. The van der Waals surface area contributed by atoms with Gasteiger partial charge in [-0.3, -0.25) is 4.98 Å². The van der Waals surface area contributed by atoms with Gasteiger partial charge >= 0.3 is 0 Å². The van der Waals surface area contributed by atoms with Gasteiger partial charge in [0.05, 0.1) is 12.2 Å². The van der Waals surface area contributed by atoms with Crippen LogP contribution in [0.1, 0.15) is 25.0 Å². The Hall–Kier alpha value is -3.58. The van der Waals surface area contributed by atoms with Gasteiger partial charge in [-0.1, -0.05) is 12.1 Å². The summed E-state index contributed by atoms with van der Waals surface area (Å²) in [6.07, 6.45) is 3.63. The van der Waals surface area contributed by atoms with E-state index in [0.717, 1.165) is 52.5 Å². The van der Waals surface area contributed by atoms with Crippen molar-refractivity contribution in [2.45, 2.75) is 25.0 Å². The Kier molecular flexibility index (Phi) is 4.39. The topological polar surface area (TPSA) is 82.2 Å². The Morgan fingerprint density at radius 3 is 2.55 bits per heavy atom. The van der Waals surface area contributed by atoms with Gasteiger partial charge in [-0.15, -0.1) is 0 Å². The maximum atomic E-state index is 6.35. The first-order valence-electron chi connectivity index (χ1n) is 11.2. The average molecular weight is 443 g/mol. The minimum Gasteiger partial charge on any atom is -0.462 e.